The number of carbonyl (C=O) groups is 2. The fourth-order valence-electron chi connectivity index (χ4n) is 3.50. The Hall–Kier alpha value is -2.38. The number of ether oxygens (including phenoxy) is 2. The van der Waals surface area contributed by atoms with Crippen LogP contribution in [0.2, 0.25) is 0 Å². The smallest absolute Gasteiger partial charge is 0.264 e. The van der Waals surface area contributed by atoms with Crippen molar-refractivity contribution in [3.8, 4) is 11.5 Å². The van der Waals surface area contributed by atoms with Crippen molar-refractivity contribution in [2.24, 2.45) is 0 Å². The summed E-state index contributed by atoms with van der Waals surface area (Å²) in [6, 6.07) is 10.1. The van der Waals surface area contributed by atoms with E-state index in [1.165, 1.54) is 19.1 Å². The number of hydrogen-bond donors (Lipinski definition) is 1. The maximum Gasteiger partial charge on any atom is 0.264 e. The maximum absolute atomic E-state index is 13.1. The Bertz CT molecular complexity index is 929. The van der Waals surface area contributed by atoms with Gasteiger partial charge in [-0.3, -0.25) is 9.59 Å². The van der Waals surface area contributed by atoms with Crippen molar-refractivity contribution in [3.05, 3.63) is 52.0 Å². The van der Waals surface area contributed by atoms with Crippen LogP contribution in [0.3, 0.4) is 0 Å². The number of anilines is 1. The number of Topliss-reactive ketones (excluding diaryl/α,β-unsaturated/α-hetero) is 1. The summed E-state index contributed by atoms with van der Waals surface area (Å²) in [5, 5.41) is 11.4. The number of halogens is 1. The van der Waals surface area contributed by atoms with E-state index in [4.69, 9.17) is 9.47 Å². The van der Waals surface area contributed by atoms with Crippen molar-refractivity contribution < 1.29 is 24.2 Å². The van der Waals surface area contributed by atoms with Crippen molar-refractivity contribution >= 4 is 33.3 Å². The van der Waals surface area contributed by atoms with Gasteiger partial charge in [-0.05, 0) is 42.8 Å². The lowest BCUT2D eigenvalue weighted by Crippen LogP contribution is -2.42. The van der Waals surface area contributed by atoms with Gasteiger partial charge in [-0.2, -0.15) is 0 Å². The van der Waals surface area contributed by atoms with Crippen LogP contribution < -0.4 is 14.4 Å². The van der Waals surface area contributed by atoms with E-state index in [1.54, 1.807) is 30.3 Å². The van der Waals surface area contributed by atoms with Gasteiger partial charge in [-0.1, -0.05) is 22.9 Å². The van der Waals surface area contributed by atoms with Gasteiger partial charge in [0, 0.05) is 16.6 Å². The number of aliphatic hydroxyl groups is 1. The van der Waals surface area contributed by atoms with E-state index in [2.05, 4.69) is 15.9 Å². The molecular formula is C21H22BrNO5. The van der Waals surface area contributed by atoms with Crippen molar-refractivity contribution in [2.75, 3.05) is 25.7 Å². The van der Waals surface area contributed by atoms with E-state index in [0.717, 1.165) is 10.9 Å². The van der Waals surface area contributed by atoms with E-state index in [-0.39, 0.29) is 12.0 Å². The van der Waals surface area contributed by atoms with Crippen molar-refractivity contribution in [3.63, 3.8) is 0 Å². The third-order valence-corrected chi connectivity index (χ3v) is 5.36. The second kappa shape index (κ2) is 7.93. The molecule has 1 heterocycles. The Labute approximate surface area is 172 Å². The highest BCUT2D eigenvalue weighted by Crippen LogP contribution is 2.44. The molecule has 1 amide bonds. The third-order valence-electron chi connectivity index (χ3n) is 4.86. The van der Waals surface area contributed by atoms with Gasteiger partial charge < -0.3 is 19.5 Å². The van der Waals surface area contributed by atoms with E-state index in [9.17, 15) is 14.7 Å². The molecule has 0 aromatic heterocycles. The summed E-state index contributed by atoms with van der Waals surface area (Å²) in [6.07, 6.45) is 0.341. The Balaban J connectivity index is 2.03. The molecule has 6 nitrogen and oxygen atoms in total. The summed E-state index contributed by atoms with van der Waals surface area (Å²) in [5.41, 5.74) is -0.619. The second-order valence-corrected chi connectivity index (χ2v) is 7.56. The Kier molecular flexibility index (Phi) is 5.76. The Morgan fingerprint density at radius 2 is 1.93 bits per heavy atom. The lowest BCUT2D eigenvalue weighted by atomic mass is 9.88. The number of rotatable bonds is 7. The topological polar surface area (TPSA) is 76.1 Å². The van der Waals surface area contributed by atoms with Gasteiger partial charge in [0.15, 0.2) is 11.4 Å². The molecule has 0 saturated carbocycles. The van der Waals surface area contributed by atoms with Gasteiger partial charge in [-0.25, -0.2) is 0 Å². The fourth-order valence-corrected chi connectivity index (χ4v) is 3.86. The van der Waals surface area contributed by atoms with Crippen LogP contribution in [0, 0.1) is 0 Å². The highest BCUT2D eigenvalue weighted by Gasteiger charge is 2.51. The van der Waals surface area contributed by atoms with Gasteiger partial charge >= 0.3 is 0 Å². The lowest BCUT2D eigenvalue weighted by molar-refractivity contribution is -0.135. The Morgan fingerprint density at radius 3 is 2.57 bits per heavy atom. The number of fused-ring (bicyclic) bond motifs is 1. The van der Waals surface area contributed by atoms with Crippen molar-refractivity contribution in [1.29, 1.82) is 0 Å². The van der Waals surface area contributed by atoms with Gasteiger partial charge in [0.1, 0.15) is 11.5 Å². The molecule has 0 radical (unpaired) electrons. The summed E-state index contributed by atoms with van der Waals surface area (Å²) < 4.78 is 11.2. The minimum absolute atomic E-state index is 0.258. The summed E-state index contributed by atoms with van der Waals surface area (Å²) in [4.78, 5) is 27.7. The monoisotopic (exact) mass is 447 g/mol. The standard InChI is InChI=1S/C21H22BrNO5/c1-4-9-23-17-7-5-13(22)10-16(17)21(26,20(23)25)12-18(24)15-11-14(27-2)6-8-19(15)28-3/h5-8,10-11,26H,4,9,12H2,1-3H3/t21-/m1/s1. The lowest BCUT2D eigenvalue weighted by Gasteiger charge is -2.23. The van der Waals surface area contributed by atoms with E-state index < -0.39 is 17.3 Å². The molecule has 0 bridgehead atoms. The van der Waals surface area contributed by atoms with E-state index >= 15 is 0 Å². The first-order valence-corrected chi connectivity index (χ1v) is 9.74. The number of benzene rings is 2. The van der Waals surface area contributed by atoms with Crippen molar-refractivity contribution in [2.45, 2.75) is 25.4 Å². The maximum atomic E-state index is 13.1. The largest absolute Gasteiger partial charge is 0.497 e. The zero-order valence-corrected chi connectivity index (χ0v) is 17.6. The van der Waals surface area contributed by atoms with Crippen LogP contribution >= 0.6 is 15.9 Å². The number of hydrogen-bond acceptors (Lipinski definition) is 5. The van der Waals surface area contributed by atoms with Crippen LogP contribution in [0.1, 0.15) is 35.7 Å². The second-order valence-electron chi connectivity index (χ2n) is 6.64. The average Bonchev–Trinajstić information content (AvgIpc) is 2.89. The minimum Gasteiger partial charge on any atom is -0.497 e. The van der Waals surface area contributed by atoms with Gasteiger partial charge in [-0.15, -0.1) is 0 Å². The number of ketones is 1. The summed E-state index contributed by atoms with van der Waals surface area (Å²) in [7, 11) is 2.96. The molecule has 1 aliphatic rings. The van der Waals surface area contributed by atoms with Crippen LogP contribution in [0.25, 0.3) is 0 Å². The average molecular weight is 448 g/mol. The van der Waals surface area contributed by atoms with Gasteiger partial charge in [0.2, 0.25) is 0 Å². The van der Waals surface area contributed by atoms with Crippen LogP contribution in [0.5, 0.6) is 11.5 Å². The molecular weight excluding hydrogens is 426 g/mol. The zero-order chi connectivity index (χ0) is 20.5. The number of methoxy groups -OCH3 is 2. The molecule has 0 aliphatic carbocycles. The first-order chi connectivity index (χ1) is 13.3. The Morgan fingerprint density at radius 1 is 1.18 bits per heavy atom. The molecule has 0 unspecified atom stereocenters. The molecule has 2 aromatic rings. The third kappa shape index (κ3) is 3.40. The molecule has 1 aliphatic heterocycles. The predicted octanol–water partition coefficient (Wildman–Crippen LogP) is 3.68. The molecule has 0 fully saturated rings. The van der Waals surface area contributed by atoms with E-state index in [1.807, 2.05) is 13.0 Å². The molecule has 148 valence electrons. The van der Waals surface area contributed by atoms with Crippen LogP contribution in [0.4, 0.5) is 5.69 Å². The quantitative estimate of drug-likeness (QED) is 0.655. The molecule has 1 atom stereocenters. The van der Waals surface area contributed by atoms with Gasteiger partial charge in [0.05, 0.1) is 31.9 Å². The first kappa shape index (κ1) is 20.4. The van der Waals surface area contributed by atoms with Crippen LogP contribution in [0.15, 0.2) is 40.9 Å². The van der Waals surface area contributed by atoms with Gasteiger partial charge in [0.25, 0.3) is 5.91 Å². The summed E-state index contributed by atoms with van der Waals surface area (Å²) >= 11 is 3.39. The van der Waals surface area contributed by atoms with Crippen molar-refractivity contribution in [1.82, 2.24) is 0 Å². The fraction of sp³-hybridized carbons (Fsp3) is 0.333. The highest BCUT2D eigenvalue weighted by atomic mass is 79.9. The van der Waals surface area contributed by atoms with E-state index in [0.29, 0.717) is 29.3 Å². The molecule has 0 saturated heterocycles. The molecule has 7 heteroatoms. The first-order valence-electron chi connectivity index (χ1n) is 8.95. The molecule has 1 N–H and O–H groups in total. The molecule has 3 rings (SSSR count). The van der Waals surface area contributed by atoms with Crippen LogP contribution in [-0.4, -0.2) is 37.6 Å². The zero-order valence-electron chi connectivity index (χ0n) is 16.0. The van der Waals surface area contributed by atoms with Crippen LogP contribution in [-0.2, 0) is 10.4 Å². The minimum atomic E-state index is -1.93. The highest BCUT2D eigenvalue weighted by molar-refractivity contribution is 9.10. The number of nitrogens with zero attached hydrogens (tertiary/aromatic N) is 1. The SMILES string of the molecule is CCCN1C(=O)[C@@](O)(CC(=O)c2cc(OC)ccc2OC)c2cc(Br)ccc21. The molecule has 28 heavy (non-hydrogen) atoms. The predicted molar refractivity (Wildman–Crippen MR) is 109 cm³/mol. The summed E-state index contributed by atoms with van der Waals surface area (Å²) in [5.74, 6) is -0.0436. The molecule has 2 aromatic carbocycles. The number of carbonyl (C=O) groups excluding carboxylic acids is 2. The number of amides is 1. The molecule has 0 spiro atoms. The normalized spacial score (nSPS) is 18.2. The summed E-state index contributed by atoms with van der Waals surface area (Å²) in [6.45, 7) is 2.42.